The summed E-state index contributed by atoms with van der Waals surface area (Å²) >= 11 is 0. The second-order valence-electron chi connectivity index (χ2n) is 4.29. The summed E-state index contributed by atoms with van der Waals surface area (Å²) in [5, 5.41) is 11.5. The van der Waals surface area contributed by atoms with Crippen molar-refractivity contribution < 1.29 is 52.4 Å². The van der Waals surface area contributed by atoms with Gasteiger partial charge in [0.25, 0.3) is 10.1 Å². The Morgan fingerprint density at radius 3 is 2.35 bits per heavy atom. The van der Waals surface area contributed by atoms with Crippen molar-refractivity contribution in [1.29, 1.82) is 0 Å². The summed E-state index contributed by atoms with van der Waals surface area (Å²) in [4.78, 5) is 14.0. The Labute approximate surface area is 140 Å². The van der Waals surface area contributed by atoms with Crippen molar-refractivity contribution in [3.63, 3.8) is 0 Å². The van der Waals surface area contributed by atoms with Crippen molar-refractivity contribution in [2.45, 2.75) is 32.1 Å². The van der Waals surface area contributed by atoms with E-state index in [0.717, 1.165) is 0 Å². The molecule has 0 aliphatic carbocycles. The first-order valence-corrected chi connectivity index (χ1v) is 6.88. The zero-order valence-electron chi connectivity index (χ0n) is 11.8. The number of benzene rings is 1. The number of carbonyl (C=O) groups is 1. The average Bonchev–Trinajstić information content (AvgIpc) is 2.18. The molecule has 0 heterocycles. The average molecular weight is 307 g/mol. The van der Waals surface area contributed by atoms with E-state index >= 15 is 0 Å². The Kier molecular flexibility index (Phi) is 7.06. The fourth-order valence-corrected chi connectivity index (χ4v) is 2.42. The maximum atomic E-state index is 11.5. The van der Waals surface area contributed by atoms with E-state index in [0.29, 0.717) is 11.1 Å². The minimum Gasteiger partial charge on any atom is -0.861 e. The van der Waals surface area contributed by atoms with Crippen LogP contribution >= 0.6 is 0 Å². The molecule has 6 nitrogen and oxygen atoms in total. The molecule has 1 rings (SSSR count). The van der Waals surface area contributed by atoms with Crippen LogP contribution < -0.4 is 34.7 Å². The van der Waals surface area contributed by atoms with Gasteiger partial charge in [0.2, 0.25) is 0 Å². The van der Waals surface area contributed by atoms with E-state index in [1.54, 1.807) is 19.9 Å². The molecule has 0 atom stereocenters. The van der Waals surface area contributed by atoms with E-state index in [1.807, 2.05) is 0 Å². The summed E-state index contributed by atoms with van der Waals surface area (Å²) in [7, 11) is -4.48. The number of Topliss-reactive ketones (excluding diaryl/α,β-unsaturated/α-hetero) is 1. The summed E-state index contributed by atoms with van der Waals surface area (Å²) < 4.78 is 31.7. The summed E-state index contributed by atoms with van der Waals surface area (Å²) in [5.74, 6) is -1.11. The maximum absolute atomic E-state index is 11.5. The van der Waals surface area contributed by atoms with Crippen LogP contribution in [0.25, 0.3) is 0 Å². The molecule has 0 saturated heterocycles. The van der Waals surface area contributed by atoms with Crippen molar-refractivity contribution in [3.05, 3.63) is 23.3 Å². The fraction of sp³-hybridized carbons (Fsp3) is 0.333. The summed E-state index contributed by atoms with van der Waals surface area (Å²) in [6, 6.07) is 2.86. The first kappa shape index (κ1) is 19.3. The Balaban J connectivity index is 0.00000361. The molecule has 20 heavy (non-hydrogen) atoms. The van der Waals surface area contributed by atoms with Gasteiger partial charge in [-0.05, 0) is 43.9 Å². The summed E-state index contributed by atoms with van der Waals surface area (Å²) in [6.45, 7) is 4.46. The second kappa shape index (κ2) is 7.33. The minimum absolute atomic E-state index is 0. The summed E-state index contributed by atoms with van der Waals surface area (Å²) in [6.07, 6.45) is -0.405. The molecule has 1 aromatic rings. The quantitative estimate of drug-likeness (QED) is 0.297. The number of hydrogen-bond donors (Lipinski definition) is 1. The Morgan fingerprint density at radius 1 is 1.35 bits per heavy atom. The van der Waals surface area contributed by atoms with Crippen molar-refractivity contribution >= 4 is 27.5 Å². The Hall–Kier alpha value is -0.730. The number of aliphatic imine (C=N–C) groups is 1. The zero-order valence-corrected chi connectivity index (χ0v) is 14.6. The van der Waals surface area contributed by atoms with Crippen LogP contribution in [0.4, 0.5) is 5.69 Å². The van der Waals surface area contributed by atoms with Gasteiger partial charge in [-0.1, -0.05) is 6.07 Å². The van der Waals surface area contributed by atoms with Crippen molar-refractivity contribution in [2.24, 2.45) is 4.99 Å². The molecule has 0 spiro atoms. The number of ketones is 1. The molecule has 8 heteroatoms. The zero-order chi connectivity index (χ0) is 14.8. The molecule has 104 valence electrons. The second-order valence-corrected chi connectivity index (χ2v) is 5.68. The van der Waals surface area contributed by atoms with E-state index in [-0.39, 0.29) is 41.0 Å². The third-order valence-electron chi connectivity index (χ3n) is 2.32. The molecule has 0 aromatic heterocycles. The smallest absolute Gasteiger partial charge is 0.861 e. The van der Waals surface area contributed by atoms with Gasteiger partial charge in [0, 0.05) is 6.42 Å². The first-order valence-electron chi connectivity index (χ1n) is 5.44. The van der Waals surface area contributed by atoms with E-state index in [4.69, 9.17) is 4.55 Å². The molecule has 0 aliphatic rings. The van der Waals surface area contributed by atoms with E-state index in [2.05, 4.69) is 4.99 Å². The topological polar surface area (TPSA) is 107 Å². The predicted molar refractivity (Wildman–Crippen MR) is 68.1 cm³/mol. The molecule has 0 bridgehead atoms. The number of carbonyl (C=O) groups excluding carboxylic acids is 1. The molecule has 1 N–H and O–H groups in total. The van der Waals surface area contributed by atoms with Crippen LogP contribution in [0.15, 0.2) is 22.0 Å². The largest absolute Gasteiger partial charge is 1.00 e. The molecule has 0 aliphatic heterocycles. The van der Waals surface area contributed by atoms with Crippen LogP contribution in [-0.2, 0) is 14.9 Å². The van der Waals surface area contributed by atoms with Gasteiger partial charge in [0.1, 0.15) is 10.7 Å². The molecule has 0 unspecified atom stereocenters. The van der Waals surface area contributed by atoms with Crippen LogP contribution in [0.5, 0.6) is 0 Å². The Morgan fingerprint density at radius 2 is 1.90 bits per heavy atom. The number of aryl methyl sites for hydroxylation is 2. The third-order valence-corrected chi connectivity index (χ3v) is 3.19. The monoisotopic (exact) mass is 307 g/mol. The first-order chi connectivity index (χ1) is 8.61. The Bertz CT molecular complexity index is 652. The third kappa shape index (κ3) is 5.34. The molecule has 0 saturated carbocycles. The molecule has 0 amide bonds. The maximum Gasteiger partial charge on any atom is 1.00 e. The number of rotatable bonds is 4. The number of nitrogens with zero attached hydrogens (tertiary/aromatic N) is 1. The SMILES string of the molecule is CC(=O)CC([O-])=Nc1c(C)cc(C)cc1S(=O)(=O)O.[Na+]. The van der Waals surface area contributed by atoms with Gasteiger partial charge in [-0.3, -0.25) is 14.3 Å². The van der Waals surface area contributed by atoms with E-state index < -0.39 is 27.3 Å². The van der Waals surface area contributed by atoms with Gasteiger partial charge in [-0.15, -0.1) is 0 Å². The van der Waals surface area contributed by atoms with Gasteiger partial charge in [-0.2, -0.15) is 8.42 Å². The molecular weight excluding hydrogens is 293 g/mol. The van der Waals surface area contributed by atoms with Crippen LogP contribution in [0.2, 0.25) is 0 Å². The van der Waals surface area contributed by atoms with Crippen LogP contribution in [-0.4, -0.2) is 24.7 Å². The standard InChI is InChI=1S/C12H15NO5S.Na/c1-7-4-8(2)12(10(5-7)19(16,17)18)13-11(15)6-9(3)14;/h4-5H,6H2,1-3H3,(H,13,15)(H,16,17,18);/q;+1/p-1. The van der Waals surface area contributed by atoms with Crippen LogP contribution in [0.1, 0.15) is 24.5 Å². The van der Waals surface area contributed by atoms with Crippen molar-refractivity contribution in [1.82, 2.24) is 0 Å². The normalized spacial score (nSPS) is 11.9. The molecular formula is C12H14NNaO5S. The molecule has 0 radical (unpaired) electrons. The van der Waals surface area contributed by atoms with Gasteiger partial charge in [0.05, 0.1) is 5.69 Å². The van der Waals surface area contributed by atoms with E-state index in [1.165, 1.54) is 13.0 Å². The fourth-order valence-electron chi connectivity index (χ4n) is 1.64. The predicted octanol–water partition coefficient (Wildman–Crippen LogP) is -2.08. The van der Waals surface area contributed by atoms with E-state index in [9.17, 15) is 18.3 Å². The minimum atomic E-state index is -4.48. The van der Waals surface area contributed by atoms with Gasteiger partial charge < -0.3 is 5.11 Å². The van der Waals surface area contributed by atoms with Gasteiger partial charge in [0.15, 0.2) is 0 Å². The van der Waals surface area contributed by atoms with Crippen LogP contribution in [0, 0.1) is 13.8 Å². The van der Waals surface area contributed by atoms with Gasteiger partial charge >= 0.3 is 29.6 Å². The van der Waals surface area contributed by atoms with Gasteiger partial charge in [-0.25, -0.2) is 0 Å². The number of hydrogen-bond acceptors (Lipinski definition) is 5. The summed E-state index contributed by atoms with van der Waals surface area (Å²) in [5.41, 5.74) is 0.923. The molecule has 1 aromatic carbocycles. The molecule has 0 fully saturated rings. The van der Waals surface area contributed by atoms with Crippen LogP contribution in [0.3, 0.4) is 0 Å². The van der Waals surface area contributed by atoms with Crippen molar-refractivity contribution in [2.75, 3.05) is 0 Å². The van der Waals surface area contributed by atoms with Crippen molar-refractivity contribution in [3.8, 4) is 0 Å².